The summed E-state index contributed by atoms with van der Waals surface area (Å²) in [6, 6.07) is 9.22. The highest BCUT2D eigenvalue weighted by atomic mass is 19.3. The van der Waals surface area contributed by atoms with E-state index in [1.807, 2.05) is 13.0 Å². The Hall–Kier alpha value is -4.52. The van der Waals surface area contributed by atoms with Crippen LogP contribution in [0.15, 0.2) is 70.1 Å². The number of hydrogen-bond acceptors (Lipinski definition) is 8. The van der Waals surface area contributed by atoms with Gasteiger partial charge in [0.05, 0.1) is 19.0 Å². The molecule has 0 amide bonds. The van der Waals surface area contributed by atoms with Crippen molar-refractivity contribution in [1.29, 1.82) is 0 Å². The topological polar surface area (TPSA) is 118 Å². The van der Waals surface area contributed by atoms with Gasteiger partial charge in [0.15, 0.2) is 5.60 Å². The molecule has 3 rings (SSSR count). The van der Waals surface area contributed by atoms with Crippen LogP contribution in [0.3, 0.4) is 0 Å². The summed E-state index contributed by atoms with van der Waals surface area (Å²) in [5, 5.41) is 22.3. The van der Waals surface area contributed by atoms with Gasteiger partial charge < -0.3 is 20.5 Å². The van der Waals surface area contributed by atoms with Crippen LogP contribution in [-0.4, -0.2) is 48.0 Å². The number of aromatic nitrogens is 1. The van der Waals surface area contributed by atoms with Crippen LogP contribution in [0.5, 0.6) is 11.5 Å². The number of hydrazone groups is 2. The summed E-state index contributed by atoms with van der Waals surface area (Å²) >= 11 is 0. The van der Waals surface area contributed by atoms with Crippen molar-refractivity contribution in [2.24, 2.45) is 21.2 Å². The van der Waals surface area contributed by atoms with Gasteiger partial charge in [-0.3, -0.25) is 4.98 Å². The molecule has 0 spiro atoms. The Morgan fingerprint density at radius 3 is 2.51 bits per heavy atom. The molecule has 1 aromatic heterocycles. The Labute approximate surface area is 221 Å². The summed E-state index contributed by atoms with van der Waals surface area (Å²) in [6.45, 7) is 4.07. The van der Waals surface area contributed by atoms with Crippen molar-refractivity contribution >= 4 is 19.3 Å². The molecule has 0 saturated carbocycles. The van der Waals surface area contributed by atoms with E-state index in [0.717, 1.165) is 35.8 Å². The summed E-state index contributed by atoms with van der Waals surface area (Å²) in [5.41, 5.74) is -3.55. The fraction of sp³-hybridized carbons (Fsp3) is 0.231. The zero-order valence-corrected chi connectivity index (χ0v) is 21.1. The largest absolute Gasteiger partial charge is 0.455 e. The minimum Gasteiger partial charge on any atom is -0.455 e. The number of benzene rings is 2. The summed E-state index contributed by atoms with van der Waals surface area (Å²) < 4.78 is 65.9. The summed E-state index contributed by atoms with van der Waals surface area (Å²) in [6.07, 6.45) is 3.96. The fourth-order valence-electron chi connectivity index (χ4n) is 3.75. The number of nitrogens with zero attached hydrogens (tertiary/aromatic N) is 5. The third kappa shape index (κ3) is 6.32. The number of rotatable bonds is 12. The van der Waals surface area contributed by atoms with Gasteiger partial charge in [0.1, 0.15) is 42.3 Å². The Balaban J connectivity index is 1.98. The minimum absolute atomic E-state index is 0.128. The molecule has 3 N–H and O–H groups in total. The van der Waals surface area contributed by atoms with Gasteiger partial charge in [-0.05, 0) is 60.0 Å². The standard InChI is InChI=1S/C26H26F4N6O3/c1-4-18-11-17(13-35-38-3)5-9-23(18)39-20-7-10-24(33-14-20)26(29,30)25(37,15-36(32-2)16-34-31)21-8-6-19(27)12-22(21)28/h5-14,16,37H,2,4,15,31H2,1,3H3/b34-16-,35-13+. The Morgan fingerprint density at radius 1 is 1.15 bits per heavy atom. The number of hydrogen-bond donors (Lipinski definition) is 2. The van der Waals surface area contributed by atoms with Crippen LogP contribution >= 0.6 is 0 Å². The second-order valence-corrected chi connectivity index (χ2v) is 8.18. The molecule has 2 aromatic carbocycles. The van der Waals surface area contributed by atoms with Gasteiger partial charge in [-0.25, -0.2) is 13.8 Å². The van der Waals surface area contributed by atoms with Crippen molar-refractivity contribution in [3.8, 4) is 11.5 Å². The number of nitrogens with two attached hydrogens (primary N) is 1. The van der Waals surface area contributed by atoms with E-state index >= 15 is 8.78 Å². The highest BCUT2D eigenvalue weighted by Crippen LogP contribution is 2.46. The van der Waals surface area contributed by atoms with E-state index in [0.29, 0.717) is 29.3 Å². The van der Waals surface area contributed by atoms with E-state index < -0.39 is 41.0 Å². The van der Waals surface area contributed by atoms with E-state index in [2.05, 4.69) is 31.9 Å². The lowest BCUT2D eigenvalue weighted by molar-refractivity contribution is -0.203. The molecule has 1 unspecified atom stereocenters. The quantitative estimate of drug-likeness (QED) is 0.114. The van der Waals surface area contributed by atoms with Crippen molar-refractivity contribution in [2.75, 3.05) is 13.7 Å². The maximum absolute atomic E-state index is 15.9. The Kier molecular flexibility index (Phi) is 9.20. The second kappa shape index (κ2) is 12.3. The maximum atomic E-state index is 15.9. The lowest BCUT2D eigenvalue weighted by Gasteiger charge is -2.37. The van der Waals surface area contributed by atoms with E-state index in [4.69, 9.17) is 10.6 Å². The first-order valence-corrected chi connectivity index (χ1v) is 11.5. The molecule has 0 fully saturated rings. The predicted octanol–water partition coefficient (Wildman–Crippen LogP) is 4.49. The number of aliphatic hydroxyl groups is 1. The summed E-state index contributed by atoms with van der Waals surface area (Å²) in [7, 11) is 1.42. The van der Waals surface area contributed by atoms with Crippen LogP contribution in [0.25, 0.3) is 0 Å². The molecule has 0 radical (unpaired) electrons. The number of ether oxygens (including phenoxy) is 1. The van der Waals surface area contributed by atoms with Crippen LogP contribution in [0.1, 0.15) is 29.3 Å². The molecule has 0 aliphatic carbocycles. The molecular formula is C26H26F4N6O3. The smallest absolute Gasteiger partial charge is 0.323 e. The van der Waals surface area contributed by atoms with E-state index in [-0.39, 0.29) is 5.75 Å². The van der Waals surface area contributed by atoms with Crippen molar-refractivity contribution in [3.63, 3.8) is 0 Å². The predicted molar refractivity (Wildman–Crippen MR) is 138 cm³/mol. The van der Waals surface area contributed by atoms with E-state index in [9.17, 15) is 13.9 Å². The molecule has 3 aromatic rings. The third-order valence-corrected chi connectivity index (χ3v) is 5.73. The number of aryl methyl sites for hydroxylation is 1. The molecule has 0 bridgehead atoms. The number of oxime groups is 1. The summed E-state index contributed by atoms with van der Waals surface area (Å²) in [5.74, 6) is -0.990. The Bertz CT molecular complexity index is 1350. The lowest BCUT2D eigenvalue weighted by atomic mass is 9.84. The average Bonchev–Trinajstić information content (AvgIpc) is 2.92. The first kappa shape index (κ1) is 29.0. The van der Waals surface area contributed by atoms with Gasteiger partial charge in [-0.1, -0.05) is 12.1 Å². The highest BCUT2D eigenvalue weighted by molar-refractivity contribution is 5.79. The van der Waals surface area contributed by atoms with Crippen molar-refractivity contribution in [2.45, 2.75) is 24.9 Å². The van der Waals surface area contributed by atoms with Gasteiger partial charge in [-0.2, -0.15) is 19.0 Å². The van der Waals surface area contributed by atoms with E-state index in [1.54, 1.807) is 12.1 Å². The average molecular weight is 547 g/mol. The molecule has 9 nitrogen and oxygen atoms in total. The fourth-order valence-corrected chi connectivity index (χ4v) is 3.75. The van der Waals surface area contributed by atoms with Gasteiger partial charge in [-0.15, -0.1) is 0 Å². The first-order valence-electron chi connectivity index (χ1n) is 11.5. The molecule has 1 atom stereocenters. The van der Waals surface area contributed by atoms with E-state index in [1.165, 1.54) is 19.4 Å². The monoisotopic (exact) mass is 546 g/mol. The van der Waals surface area contributed by atoms with Gasteiger partial charge >= 0.3 is 5.92 Å². The van der Waals surface area contributed by atoms with Crippen LogP contribution in [0.4, 0.5) is 17.6 Å². The highest BCUT2D eigenvalue weighted by Gasteiger charge is 2.58. The van der Waals surface area contributed by atoms with Crippen LogP contribution in [0, 0.1) is 11.6 Å². The maximum Gasteiger partial charge on any atom is 0.323 e. The molecule has 206 valence electrons. The molecule has 0 saturated heterocycles. The molecule has 0 aliphatic rings. The van der Waals surface area contributed by atoms with Crippen LogP contribution in [0.2, 0.25) is 0 Å². The minimum atomic E-state index is -4.23. The molecule has 39 heavy (non-hydrogen) atoms. The summed E-state index contributed by atoms with van der Waals surface area (Å²) in [4.78, 5) is 8.46. The van der Waals surface area contributed by atoms with Crippen LogP contribution < -0.4 is 10.6 Å². The molecular weight excluding hydrogens is 520 g/mol. The Morgan fingerprint density at radius 2 is 1.92 bits per heavy atom. The number of halogens is 4. The van der Waals surface area contributed by atoms with Crippen molar-refractivity contribution in [1.82, 2.24) is 9.99 Å². The van der Waals surface area contributed by atoms with Gasteiger partial charge in [0.25, 0.3) is 0 Å². The lowest BCUT2D eigenvalue weighted by Crippen LogP contribution is -2.51. The molecule has 1 heterocycles. The molecule has 0 aliphatic heterocycles. The van der Waals surface area contributed by atoms with Gasteiger partial charge in [0, 0.05) is 18.3 Å². The number of alkyl halides is 2. The first-order chi connectivity index (χ1) is 18.6. The van der Waals surface area contributed by atoms with Crippen molar-refractivity contribution in [3.05, 3.63) is 88.7 Å². The zero-order chi connectivity index (χ0) is 28.6. The normalized spacial score (nSPS) is 13.4. The SMILES string of the molecule is C=NN(/C=N\N)CC(O)(c1ccc(F)cc1F)C(F)(F)c1ccc(Oc2ccc(/C=N/OC)cc2CC)cn1. The second-order valence-electron chi connectivity index (χ2n) is 8.18. The molecule has 13 heteroatoms. The number of pyridine rings is 1. The van der Waals surface area contributed by atoms with Crippen molar-refractivity contribution < 1.29 is 32.2 Å². The third-order valence-electron chi connectivity index (χ3n) is 5.73. The van der Waals surface area contributed by atoms with Crippen LogP contribution in [-0.2, 0) is 22.8 Å². The zero-order valence-electron chi connectivity index (χ0n) is 21.1. The van der Waals surface area contributed by atoms with Gasteiger partial charge in [0.2, 0.25) is 0 Å².